The van der Waals surface area contributed by atoms with Gasteiger partial charge in [-0.2, -0.15) is 0 Å². The third kappa shape index (κ3) is 8.05. The summed E-state index contributed by atoms with van der Waals surface area (Å²) in [7, 11) is 0. The Hall–Kier alpha value is -1.94. The molecule has 0 aliphatic heterocycles. The van der Waals surface area contributed by atoms with Crippen LogP contribution in [0.15, 0.2) is 36.4 Å². The molecule has 1 atom stereocenters. The number of aliphatic hydroxyl groups excluding tert-OH is 1. The lowest BCUT2D eigenvalue weighted by Gasteiger charge is -2.19. The number of carbonyl (C=O) groups excluding carboxylic acids is 2. The smallest absolute Gasteiger partial charge is 0.313 e. The molecule has 0 amide bonds. The van der Waals surface area contributed by atoms with Crippen LogP contribution < -0.4 is 0 Å². The molecule has 0 spiro atoms. The van der Waals surface area contributed by atoms with Crippen molar-refractivity contribution in [3.05, 3.63) is 42.0 Å². The quantitative estimate of drug-likeness (QED) is 0.646. The fourth-order valence-corrected chi connectivity index (χ4v) is 1.70. The van der Waals surface area contributed by atoms with Crippen molar-refractivity contribution >= 4 is 17.8 Å². The summed E-state index contributed by atoms with van der Waals surface area (Å²) < 4.78 is 5.06. The SMILES string of the molecule is CC(C)(C)OC(=O)CC(=O)C[C@H](O)/C=C/c1ccccc1. The normalized spacial score (nSPS) is 13.1. The topological polar surface area (TPSA) is 63.6 Å². The number of ketones is 1. The molecule has 21 heavy (non-hydrogen) atoms. The van der Waals surface area contributed by atoms with Crippen molar-refractivity contribution in [2.75, 3.05) is 0 Å². The van der Waals surface area contributed by atoms with Gasteiger partial charge in [0.25, 0.3) is 0 Å². The molecule has 1 N–H and O–H groups in total. The molecule has 0 saturated heterocycles. The highest BCUT2D eigenvalue weighted by Gasteiger charge is 2.19. The third-order valence-corrected chi connectivity index (χ3v) is 2.51. The van der Waals surface area contributed by atoms with Gasteiger partial charge in [0.15, 0.2) is 0 Å². The molecule has 1 aromatic rings. The second kappa shape index (κ2) is 7.74. The molecule has 1 aromatic carbocycles. The van der Waals surface area contributed by atoms with Crippen LogP contribution in [-0.4, -0.2) is 28.6 Å². The minimum absolute atomic E-state index is 0.0947. The second-order valence-electron chi connectivity index (χ2n) is 5.84. The first-order chi connectivity index (χ1) is 9.76. The Bertz CT molecular complexity index is 497. The summed E-state index contributed by atoms with van der Waals surface area (Å²) in [4.78, 5) is 23.2. The van der Waals surface area contributed by atoms with E-state index in [2.05, 4.69) is 0 Å². The largest absolute Gasteiger partial charge is 0.460 e. The molecule has 0 aromatic heterocycles. The fraction of sp³-hybridized carbons (Fsp3) is 0.412. The van der Waals surface area contributed by atoms with Crippen LogP contribution in [0.1, 0.15) is 39.2 Å². The van der Waals surface area contributed by atoms with E-state index in [-0.39, 0.29) is 18.6 Å². The number of rotatable bonds is 6. The number of carbonyl (C=O) groups is 2. The molecular formula is C17H22O4. The van der Waals surface area contributed by atoms with Crippen LogP contribution in [0.25, 0.3) is 6.08 Å². The van der Waals surface area contributed by atoms with Crippen LogP contribution in [0, 0.1) is 0 Å². The first-order valence-corrected chi connectivity index (χ1v) is 6.91. The zero-order valence-corrected chi connectivity index (χ0v) is 12.7. The first kappa shape index (κ1) is 17.1. The van der Waals surface area contributed by atoms with Gasteiger partial charge in [0, 0.05) is 6.42 Å². The van der Waals surface area contributed by atoms with E-state index in [0.29, 0.717) is 0 Å². The molecule has 1 rings (SSSR count). The molecule has 0 radical (unpaired) electrons. The maximum Gasteiger partial charge on any atom is 0.313 e. The highest BCUT2D eigenvalue weighted by molar-refractivity contribution is 5.96. The summed E-state index contributed by atoms with van der Waals surface area (Å²) in [6, 6.07) is 9.47. The fourth-order valence-electron chi connectivity index (χ4n) is 1.70. The Labute approximate surface area is 125 Å². The lowest BCUT2D eigenvalue weighted by molar-refractivity contribution is -0.156. The minimum atomic E-state index is -0.903. The molecule has 0 heterocycles. The van der Waals surface area contributed by atoms with Crippen molar-refractivity contribution in [2.45, 2.75) is 45.3 Å². The molecule has 0 fully saturated rings. The van der Waals surface area contributed by atoms with Gasteiger partial charge in [0.1, 0.15) is 17.8 Å². The van der Waals surface area contributed by atoms with Crippen molar-refractivity contribution in [2.24, 2.45) is 0 Å². The van der Waals surface area contributed by atoms with Gasteiger partial charge in [0.05, 0.1) is 6.10 Å². The van der Waals surface area contributed by atoms with Crippen LogP contribution in [-0.2, 0) is 14.3 Å². The van der Waals surface area contributed by atoms with Crippen molar-refractivity contribution in [3.63, 3.8) is 0 Å². The molecule has 4 nitrogen and oxygen atoms in total. The predicted octanol–water partition coefficient (Wildman–Crippen LogP) is 2.75. The van der Waals surface area contributed by atoms with E-state index in [1.807, 2.05) is 30.3 Å². The van der Waals surface area contributed by atoms with E-state index in [1.165, 1.54) is 0 Å². The summed E-state index contributed by atoms with van der Waals surface area (Å²) in [5, 5.41) is 9.77. The third-order valence-electron chi connectivity index (χ3n) is 2.51. The number of Topliss-reactive ketones (excluding diaryl/α,β-unsaturated/α-hetero) is 1. The highest BCUT2D eigenvalue weighted by Crippen LogP contribution is 2.10. The zero-order chi connectivity index (χ0) is 15.9. The number of hydrogen-bond donors (Lipinski definition) is 1. The Kier molecular flexibility index (Phi) is 6.31. The molecular weight excluding hydrogens is 268 g/mol. The summed E-state index contributed by atoms with van der Waals surface area (Å²) in [6.45, 7) is 5.23. The molecule has 0 bridgehead atoms. The van der Waals surface area contributed by atoms with Crippen LogP contribution >= 0.6 is 0 Å². The van der Waals surface area contributed by atoms with Crippen molar-refractivity contribution in [1.29, 1.82) is 0 Å². The highest BCUT2D eigenvalue weighted by atomic mass is 16.6. The van der Waals surface area contributed by atoms with Gasteiger partial charge >= 0.3 is 5.97 Å². The molecule has 0 aliphatic rings. The van der Waals surface area contributed by atoms with Crippen LogP contribution in [0.2, 0.25) is 0 Å². The van der Waals surface area contributed by atoms with Gasteiger partial charge in [-0.1, -0.05) is 42.5 Å². The molecule has 114 valence electrons. The number of benzene rings is 1. The minimum Gasteiger partial charge on any atom is -0.460 e. The van der Waals surface area contributed by atoms with Crippen LogP contribution in [0.3, 0.4) is 0 Å². The lowest BCUT2D eigenvalue weighted by atomic mass is 10.1. The summed E-state index contributed by atoms with van der Waals surface area (Å²) in [6.07, 6.45) is 1.98. The number of aliphatic hydroxyl groups is 1. The van der Waals surface area contributed by atoms with Crippen molar-refractivity contribution in [1.82, 2.24) is 0 Å². The van der Waals surface area contributed by atoms with Crippen molar-refractivity contribution in [3.8, 4) is 0 Å². The predicted molar refractivity (Wildman–Crippen MR) is 81.6 cm³/mol. The van der Waals surface area contributed by atoms with Crippen molar-refractivity contribution < 1.29 is 19.4 Å². The van der Waals surface area contributed by atoms with Gasteiger partial charge < -0.3 is 9.84 Å². The van der Waals surface area contributed by atoms with Gasteiger partial charge in [-0.05, 0) is 26.3 Å². The standard InChI is InChI=1S/C17H22O4/c1-17(2,3)21-16(20)12-15(19)11-14(18)10-9-13-7-5-4-6-8-13/h4-10,14,18H,11-12H2,1-3H3/b10-9+/t14-/m1/s1. The molecule has 0 saturated carbocycles. The van der Waals surface area contributed by atoms with E-state index in [4.69, 9.17) is 4.74 Å². The van der Waals surface area contributed by atoms with E-state index < -0.39 is 17.7 Å². The summed E-state index contributed by atoms with van der Waals surface area (Å²) >= 11 is 0. The van der Waals surface area contributed by atoms with E-state index in [0.717, 1.165) is 5.56 Å². The number of ether oxygens (including phenoxy) is 1. The van der Waals surface area contributed by atoms with E-state index >= 15 is 0 Å². The van der Waals surface area contributed by atoms with Crippen LogP contribution in [0.5, 0.6) is 0 Å². The van der Waals surface area contributed by atoms with Crippen LogP contribution in [0.4, 0.5) is 0 Å². The summed E-state index contributed by atoms with van der Waals surface area (Å²) in [5.74, 6) is -0.902. The second-order valence-corrected chi connectivity index (χ2v) is 5.84. The van der Waals surface area contributed by atoms with E-state index in [1.54, 1.807) is 32.9 Å². The number of esters is 1. The molecule has 4 heteroatoms. The van der Waals surface area contributed by atoms with E-state index in [9.17, 15) is 14.7 Å². The Morgan fingerprint density at radius 3 is 2.43 bits per heavy atom. The average molecular weight is 290 g/mol. The first-order valence-electron chi connectivity index (χ1n) is 6.91. The Morgan fingerprint density at radius 2 is 1.86 bits per heavy atom. The Balaban J connectivity index is 2.40. The van der Waals surface area contributed by atoms with Gasteiger partial charge in [-0.3, -0.25) is 9.59 Å². The monoisotopic (exact) mass is 290 g/mol. The lowest BCUT2D eigenvalue weighted by Crippen LogP contribution is -2.26. The number of hydrogen-bond acceptors (Lipinski definition) is 4. The van der Waals surface area contributed by atoms with Gasteiger partial charge in [0.2, 0.25) is 0 Å². The average Bonchev–Trinajstić information content (AvgIpc) is 2.35. The molecule has 0 unspecified atom stereocenters. The maximum atomic E-state index is 11.7. The van der Waals surface area contributed by atoms with Gasteiger partial charge in [-0.15, -0.1) is 0 Å². The molecule has 0 aliphatic carbocycles. The summed E-state index contributed by atoms with van der Waals surface area (Å²) in [5.41, 5.74) is 0.333. The zero-order valence-electron chi connectivity index (χ0n) is 12.7. The maximum absolute atomic E-state index is 11.7. The Morgan fingerprint density at radius 1 is 1.24 bits per heavy atom. The van der Waals surface area contributed by atoms with Gasteiger partial charge in [-0.25, -0.2) is 0 Å².